The minimum atomic E-state index is -1.78. The van der Waals surface area contributed by atoms with Gasteiger partial charge in [0, 0.05) is 6.42 Å². The fraction of sp³-hybridized carbons (Fsp3) is 0.200. The highest BCUT2D eigenvalue weighted by molar-refractivity contribution is 6.39. The van der Waals surface area contributed by atoms with Crippen LogP contribution >= 0.6 is 23.2 Å². The van der Waals surface area contributed by atoms with Crippen LogP contribution in [0.1, 0.15) is 21.5 Å². The predicted molar refractivity (Wildman–Crippen MR) is 130 cm³/mol. The quantitative estimate of drug-likeness (QED) is 0.333. The molecule has 1 atom stereocenters. The predicted octanol–water partition coefficient (Wildman–Crippen LogP) is 4.34. The highest BCUT2D eigenvalue weighted by atomic mass is 35.5. The summed E-state index contributed by atoms with van der Waals surface area (Å²) in [7, 11) is 2.68. The summed E-state index contributed by atoms with van der Waals surface area (Å²) in [6, 6.07) is 18.8. The van der Waals surface area contributed by atoms with E-state index < -0.39 is 17.4 Å². The van der Waals surface area contributed by atoms with Crippen LogP contribution in [0.5, 0.6) is 11.5 Å². The number of hydrogen-bond acceptors (Lipinski definition) is 6. The molecule has 3 rings (SSSR count). The molecule has 0 saturated heterocycles. The Bertz CT molecular complexity index is 1150. The van der Waals surface area contributed by atoms with Gasteiger partial charge in [0.2, 0.25) is 0 Å². The lowest BCUT2D eigenvalue weighted by molar-refractivity contribution is -0.149. The first-order valence-electron chi connectivity index (χ1n) is 10.3. The smallest absolute Gasteiger partial charge is 0.336 e. The van der Waals surface area contributed by atoms with Gasteiger partial charge in [-0.25, -0.2) is 4.79 Å². The molecular weight excluding hydrogens is 479 g/mol. The molecule has 0 saturated carbocycles. The summed E-state index contributed by atoms with van der Waals surface area (Å²) in [5.74, 6) is -0.896. The molecule has 0 spiro atoms. The van der Waals surface area contributed by atoms with Crippen molar-refractivity contribution in [2.45, 2.75) is 12.0 Å². The third-order valence-electron chi connectivity index (χ3n) is 5.24. The molecule has 3 aromatic rings. The Kier molecular flexibility index (Phi) is 8.39. The number of methoxy groups -OCH3 is 2. The summed E-state index contributed by atoms with van der Waals surface area (Å²) in [6.45, 7) is -0.174. The average Bonchev–Trinajstić information content (AvgIpc) is 2.83. The molecule has 0 fully saturated rings. The fourth-order valence-electron chi connectivity index (χ4n) is 3.78. The summed E-state index contributed by atoms with van der Waals surface area (Å²) >= 11 is 12.6. The number of rotatable bonds is 9. The summed E-state index contributed by atoms with van der Waals surface area (Å²) < 4.78 is 16.4. The highest BCUT2D eigenvalue weighted by Gasteiger charge is 2.48. The van der Waals surface area contributed by atoms with Gasteiger partial charge in [0.05, 0.1) is 35.4 Å². The second-order valence-electron chi connectivity index (χ2n) is 7.25. The van der Waals surface area contributed by atoms with Crippen LogP contribution < -0.4 is 20.5 Å². The Balaban J connectivity index is 2.30. The van der Waals surface area contributed by atoms with Gasteiger partial charge in [-0.2, -0.15) is 0 Å². The molecule has 0 aliphatic rings. The molecule has 0 bridgehead atoms. The van der Waals surface area contributed by atoms with Crippen LogP contribution in [-0.4, -0.2) is 32.8 Å². The van der Waals surface area contributed by atoms with Gasteiger partial charge in [-0.3, -0.25) is 10.5 Å². The van der Waals surface area contributed by atoms with Gasteiger partial charge in [-0.1, -0.05) is 65.7 Å². The number of nitrogens with one attached hydrogen (secondary N) is 1. The van der Waals surface area contributed by atoms with Crippen LogP contribution in [0, 0.1) is 0 Å². The molecule has 0 aliphatic heterocycles. The molecule has 0 aliphatic carbocycles. The van der Waals surface area contributed by atoms with E-state index in [4.69, 9.17) is 43.1 Å². The van der Waals surface area contributed by atoms with Gasteiger partial charge in [0.1, 0.15) is 18.2 Å². The van der Waals surface area contributed by atoms with Gasteiger partial charge in [-0.15, -0.1) is 0 Å². The van der Waals surface area contributed by atoms with Crippen molar-refractivity contribution in [1.82, 2.24) is 5.32 Å². The normalized spacial score (nSPS) is 12.4. The topological polar surface area (TPSA) is 99.9 Å². The minimum absolute atomic E-state index is 0.00955. The lowest BCUT2D eigenvalue weighted by Gasteiger charge is -2.35. The van der Waals surface area contributed by atoms with Crippen molar-refractivity contribution in [3.05, 3.63) is 93.5 Å². The standard InChI is InChI=1S/C25H24Cl2N2O5/c1-32-19-12-7-13-20(34-15-28)22(19)25(24(31)33-2,14-16-8-4-3-5-9-16)29-23(30)21-17(26)10-6-11-18(21)27/h3-13H,14-15,28H2,1-2H3,(H,29,30). The number of ether oxygens (including phenoxy) is 3. The van der Waals surface area contributed by atoms with E-state index in [0.717, 1.165) is 5.56 Å². The van der Waals surface area contributed by atoms with Crippen molar-refractivity contribution in [3.63, 3.8) is 0 Å². The number of nitrogens with two attached hydrogens (primary N) is 1. The Labute approximate surface area is 207 Å². The number of halogens is 2. The van der Waals surface area contributed by atoms with E-state index in [1.165, 1.54) is 26.4 Å². The van der Waals surface area contributed by atoms with Crippen molar-refractivity contribution < 1.29 is 23.8 Å². The van der Waals surface area contributed by atoms with Crippen LogP contribution in [0.4, 0.5) is 0 Å². The summed E-state index contributed by atoms with van der Waals surface area (Å²) in [5, 5.41) is 3.09. The van der Waals surface area contributed by atoms with Gasteiger partial charge < -0.3 is 19.5 Å². The van der Waals surface area contributed by atoms with Crippen molar-refractivity contribution in [2.75, 3.05) is 21.0 Å². The maximum absolute atomic E-state index is 13.6. The van der Waals surface area contributed by atoms with E-state index in [1.54, 1.807) is 24.3 Å². The Hall–Kier alpha value is -3.26. The van der Waals surface area contributed by atoms with Gasteiger partial charge >= 0.3 is 5.97 Å². The molecular formula is C25H24Cl2N2O5. The van der Waals surface area contributed by atoms with E-state index in [2.05, 4.69) is 5.32 Å². The molecule has 3 N–H and O–H groups in total. The number of amides is 1. The van der Waals surface area contributed by atoms with Gasteiger partial charge in [-0.05, 0) is 29.8 Å². The first-order chi connectivity index (χ1) is 16.4. The van der Waals surface area contributed by atoms with Crippen LogP contribution in [0.25, 0.3) is 0 Å². The number of carbonyl (C=O) groups excluding carboxylic acids is 2. The molecule has 7 nitrogen and oxygen atoms in total. The number of carbonyl (C=O) groups is 2. The Morgan fingerprint density at radius 2 is 1.53 bits per heavy atom. The summed E-state index contributed by atoms with van der Waals surface area (Å²) in [4.78, 5) is 27.1. The van der Waals surface area contributed by atoms with Gasteiger partial charge in [0.15, 0.2) is 5.54 Å². The average molecular weight is 503 g/mol. The molecule has 3 aromatic carbocycles. The number of esters is 1. The largest absolute Gasteiger partial charge is 0.496 e. The molecule has 0 aromatic heterocycles. The van der Waals surface area contributed by atoms with Crippen LogP contribution in [0.15, 0.2) is 66.7 Å². The van der Waals surface area contributed by atoms with Crippen molar-refractivity contribution >= 4 is 35.1 Å². The van der Waals surface area contributed by atoms with Crippen molar-refractivity contribution in [2.24, 2.45) is 5.73 Å². The van der Waals surface area contributed by atoms with Crippen LogP contribution in [0.2, 0.25) is 10.0 Å². The van der Waals surface area contributed by atoms with Crippen molar-refractivity contribution in [3.8, 4) is 11.5 Å². The first kappa shape index (κ1) is 25.4. The van der Waals surface area contributed by atoms with E-state index in [1.807, 2.05) is 30.3 Å². The van der Waals surface area contributed by atoms with Crippen LogP contribution in [-0.2, 0) is 21.5 Å². The maximum Gasteiger partial charge on any atom is 0.336 e. The van der Waals surface area contributed by atoms with E-state index in [-0.39, 0.29) is 45.8 Å². The Morgan fingerprint density at radius 3 is 2.12 bits per heavy atom. The third-order valence-corrected chi connectivity index (χ3v) is 5.87. The van der Waals surface area contributed by atoms with Crippen molar-refractivity contribution in [1.29, 1.82) is 0 Å². The molecule has 178 valence electrons. The second kappa shape index (κ2) is 11.2. The zero-order valence-electron chi connectivity index (χ0n) is 18.6. The maximum atomic E-state index is 13.6. The molecule has 1 amide bonds. The lowest BCUT2D eigenvalue weighted by Crippen LogP contribution is -2.54. The monoisotopic (exact) mass is 502 g/mol. The van der Waals surface area contributed by atoms with E-state index >= 15 is 0 Å². The molecule has 1 unspecified atom stereocenters. The molecule has 0 heterocycles. The highest BCUT2D eigenvalue weighted by Crippen LogP contribution is 2.41. The Morgan fingerprint density at radius 1 is 0.912 bits per heavy atom. The van der Waals surface area contributed by atoms with E-state index in [9.17, 15) is 9.59 Å². The second-order valence-corrected chi connectivity index (χ2v) is 8.07. The molecule has 0 radical (unpaired) electrons. The minimum Gasteiger partial charge on any atom is -0.496 e. The zero-order chi connectivity index (χ0) is 24.7. The lowest BCUT2D eigenvalue weighted by atomic mass is 9.81. The SMILES string of the molecule is COC(=O)C(Cc1ccccc1)(NC(=O)c1c(Cl)cccc1Cl)c1c(OC)cccc1OCN. The number of hydrogen-bond donors (Lipinski definition) is 2. The van der Waals surface area contributed by atoms with Crippen LogP contribution in [0.3, 0.4) is 0 Å². The fourth-order valence-corrected chi connectivity index (χ4v) is 4.35. The van der Waals surface area contributed by atoms with E-state index in [0.29, 0.717) is 0 Å². The molecule has 9 heteroatoms. The zero-order valence-corrected chi connectivity index (χ0v) is 20.2. The van der Waals surface area contributed by atoms with Gasteiger partial charge in [0.25, 0.3) is 5.91 Å². The third kappa shape index (κ3) is 5.12. The number of benzene rings is 3. The first-order valence-corrected chi connectivity index (χ1v) is 11.0. The summed E-state index contributed by atoms with van der Waals surface area (Å²) in [5.41, 5.74) is 4.87. The summed E-state index contributed by atoms with van der Waals surface area (Å²) in [6.07, 6.45) is 0.00955. The molecule has 34 heavy (non-hydrogen) atoms.